The zero-order chi connectivity index (χ0) is 17.4. The largest absolute Gasteiger partial charge is 0.496 e. The van der Waals surface area contributed by atoms with Gasteiger partial charge in [0.2, 0.25) is 0 Å². The van der Waals surface area contributed by atoms with Crippen LogP contribution in [0.15, 0.2) is 18.2 Å². The van der Waals surface area contributed by atoms with E-state index in [-0.39, 0.29) is 5.92 Å². The third-order valence-electron chi connectivity index (χ3n) is 4.56. The molecular formula is C19H26N4O. The van der Waals surface area contributed by atoms with Gasteiger partial charge < -0.3 is 4.74 Å². The van der Waals surface area contributed by atoms with Gasteiger partial charge in [-0.1, -0.05) is 17.7 Å². The van der Waals surface area contributed by atoms with Gasteiger partial charge >= 0.3 is 0 Å². The summed E-state index contributed by atoms with van der Waals surface area (Å²) in [7, 11) is 1.72. The van der Waals surface area contributed by atoms with Crippen molar-refractivity contribution < 1.29 is 4.74 Å². The molecule has 1 saturated heterocycles. The Morgan fingerprint density at radius 3 is 2.50 bits per heavy atom. The van der Waals surface area contributed by atoms with E-state index in [1.165, 1.54) is 11.1 Å². The highest BCUT2D eigenvalue weighted by molar-refractivity contribution is 5.36. The molecule has 0 unspecified atom stereocenters. The van der Waals surface area contributed by atoms with E-state index in [0.717, 1.165) is 45.0 Å². The van der Waals surface area contributed by atoms with E-state index in [1.54, 1.807) is 7.11 Å². The van der Waals surface area contributed by atoms with Gasteiger partial charge in [0.25, 0.3) is 0 Å². The van der Waals surface area contributed by atoms with E-state index in [4.69, 9.17) is 10.00 Å². The van der Waals surface area contributed by atoms with Crippen LogP contribution in [0.2, 0.25) is 0 Å². The molecule has 1 atom stereocenters. The summed E-state index contributed by atoms with van der Waals surface area (Å²) in [6, 6.07) is 10.8. The first-order chi connectivity index (χ1) is 11.7. The van der Waals surface area contributed by atoms with E-state index >= 15 is 0 Å². The number of piperazine rings is 1. The Hall–Kier alpha value is -2.08. The van der Waals surface area contributed by atoms with Crippen LogP contribution in [0.5, 0.6) is 5.75 Å². The van der Waals surface area contributed by atoms with Crippen molar-refractivity contribution in [2.24, 2.45) is 5.92 Å². The average molecular weight is 326 g/mol. The number of nitrogens with zero attached hydrogens (tertiary/aromatic N) is 4. The van der Waals surface area contributed by atoms with Crippen LogP contribution in [-0.2, 0) is 6.54 Å². The first-order valence-electron chi connectivity index (χ1n) is 8.51. The van der Waals surface area contributed by atoms with Crippen molar-refractivity contribution in [1.82, 2.24) is 9.80 Å². The Balaban J connectivity index is 1.84. The summed E-state index contributed by atoms with van der Waals surface area (Å²) in [6.07, 6.45) is 1.14. The van der Waals surface area contributed by atoms with Crippen molar-refractivity contribution in [2.45, 2.75) is 26.3 Å². The number of benzene rings is 1. The van der Waals surface area contributed by atoms with Gasteiger partial charge in [-0.05, 0) is 19.4 Å². The molecule has 5 heteroatoms. The number of aryl methyl sites for hydroxylation is 1. The van der Waals surface area contributed by atoms with Crippen molar-refractivity contribution in [1.29, 1.82) is 10.5 Å². The van der Waals surface area contributed by atoms with Gasteiger partial charge in [0.05, 0.1) is 25.2 Å². The number of hydrogen-bond donors (Lipinski definition) is 0. The molecule has 1 aromatic rings. The maximum absolute atomic E-state index is 9.20. The Morgan fingerprint density at radius 2 is 1.88 bits per heavy atom. The van der Waals surface area contributed by atoms with Crippen LogP contribution in [0.1, 0.15) is 24.0 Å². The summed E-state index contributed by atoms with van der Waals surface area (Å²) in [5.41, 5.74) is 2.48. The highest BCUT2D eigenvalue weighted by Gasteiger charge is 2.20. The molecule has 5 nitrogen and oxygen atoms in total. The van der Waals surface area contributed by atoms with Crippen molar-refractivity contribution in [3.8, 4) is 17.9 Å². The molecule has 24 heavy (non-hydrogen) atoms. The van der Waals surface area contributed by atoms with Gasteiger partial charge in [-0.3, -0.25) is 9.80 Å². The molecule has 0 radical (unpaired) electrons. The molecule has 1 aromatic carbocycles. The fourth-order valence-corrected chi connectivity index (χ4v) is 3.15. The minimum absolute atomic E-state index is 0.0342. The number of hydrogen-bond acceptors (Lipinski definition) is 5. The molecule has 2 rings (SSSR count). The monoisotopic (exact) mass is 326 g/mol. The number of rotatable bonds is 7. The van der Waals surface area contributed by atoms with E-state index in [0.29, 0.717) is 12.8 Å². The zero-order valence-corrected chi connectivity index (χ0v) is 14.7. The predicted molar refractivity (Wildman–Crippen MR) is 93.4 cm³/mol. The number of methoxy groups -OCH3 is 1. The Bertz CT molecular complexity index is 609. The Morgan fingerprint density at radius 1 is 1.17 bits per heavy atom. The molecule has 1 fully saturated rings. The van der Waals surface area contributed by atoms with Gasteiger partial charge in [0.1, 0.15) is 5.75 Å². The molecular weight excluding hydrogens is 300 g/mol. The van der Waals surface area contributed by atoms with Crippen LogP contribution in [0.3, 0.4) is 0 Å². The summed E-state index contributed by atoms with van der Waals surface area (Å²) in [5, 5.41) is 17.9. The van der Waals surface area contributed by atoms with Gasteiger partial charge in [-0.15, -0.1) is 0 Å². The smallest absolute Gasteiger partial charge is 0.123 e. The van der Waals surface area contributed by atoms with Gasteiger partial charge in [0, 0.05) is 51.3 Å². The second kappa shape index (κ2) is 9.27. The van der Waals surface area contributed by atoms with Crippen LogP contribution in [-0.4, -0.2) is 49.6 Å². The van der Waals surface area contributed by atoms with Crippen molar-refractivity contribution >= 4 is 0 Å². The van der Waals surface area contributed by atoms with E-state index in [1.807, 2.05) is 6.07 Å². The van der Waals surface area contributed by atoms with Crippen LogP contribution < -0.4 is 4.74 Å². The molecule has 128 valence electrons. The minimum Gasteiger partial charge on any atom is -0.496 e. The maximum Gasteiger partial charge on any atom is 0.123 e. The fraction of sp³-hybridized carbons (Fsp3) is 0.579. The summed E-state index contributed by atoms with van der Waals surface area (Å²) in [4.78, 5) is 4.78. The lowest BCUT2D eigenvalue weighted by Crippen LogP contribution is -2.47. The summed E-state index contributed by atoms with van der Waals surface area (Å²) in [6.45, 7) is 7.71. The molecule has 0 saturated carbocycles. The van der Waals surface area contributed by atoms with Crippen molar-refractivity contribution in [3.63, 3.8) is 0 Å². The average Bonchev–Trinajstić information content (AvgIpc) is 2.60. The number of ether oxygens (including phenoxy) is 1. The normalized spacial score (nSPS) is 17.0. The van der Waals surface area contributed by atoms with Crippen LogP contribution in [0, 0.1) is 35.5 Å². The molecule has 0 spiro atoms. The first-order valence-corrected chi connectivity index (χ1v) is 8.51. The molecule has 1 aliphatic heterocycles. The lowest BCUT2D eigenvalue weighted by molar-refractivity contribution is 0.118. The highest BCUT2D eigenvalue weighted by Crippen LogP contribution is 2.22. The second-order valence-electron chi connectivity index (χ2n) is 6.41. The maximum atomic E-state index is 9.20. The van der Waals surface area contributed by atoms with Crippen LogP contribution in [0.25, 0.3) is 0 Å². The van der Waals surface area contributed by atoms with E-state index in [2.05, 4.69) is 41.0 Å². The lowest BCUT2D eigenvalue weighted by Gasteiger charge is -2.35. The topological polar surface area (TPSA) is 63.3 Å². The fourth-order valence-electron chi connectivity index (χ4n) is 3.15. The molecule has 0 aromatic heterocycles. The van der Waals surface area contributed by atoms with Gasteiger partial charge in [-0.2, -0.15) is 10.5 Å². The SMILES string of the molecule is COc1ccc(C)cc1CN1CCN(C[C@@H](C#N)CCC#N)CC1. The molecule has 0 amide bonds. The quantitative estimate of drug-likeness (QED) is 0.770. The lowest BCUT2D eigenvalue weighted by atomic mass is 10.0. The van der Waals surface area contributed by atoms with Crippen LogP contribution >= 0.6 is 0 Å². The van der Waals surface area contributed by atoms with Crippen molar-refractivity contribution in [2.75, 3.05) is 39.8 Å². The molecule has 0 bridgehead atoms. The summed E-state index contributed by atoms with van der Waals surface area (Å²) < 4.78 is 5.47. The third kappa shape index (κ3) is 5.23. The molecule has 0 N–H and O–H groups in total. The predicted octanol–water partition coefficient (Wildman–Crippen LogP) is 2.56. The summed E-state index contributed by atoms with van der Waals surface area (Å²) >= 11 is 0. The van der Waals surface area contributed by atoms with Crippen LogP contribution in [0.4, 0.5) is 0 Å². The Labute approximate surface area is 145 Å². The molecule has 1 heterocycles. The standard InChI is InChI=1S/C19H26N4O/c1-16-5-6-19(24-2)18(12-16)15-23-10-8-22(9-11-23)14-17(13-21)4-3-7-20/h5-6,12,17H,3-4,8-11,14-15H2,1-2H3/t17-/m1/s1. The highest BCUT2D eigenvalue weighted by atomic mass is 16.5. The van der Waals surface area contributed by atoms with Gasteiger partial charge in [0.15, 0.2) is 0 Å². The van der Waals surface area contributed by atoms with E-state index in [9.17, 15) is 5.26 Å². The first kappa shape index (κ1) is 18.3. The van der Waals surface area contributed by atoms with Crippen molar-refractivity contribution in [3.05, 3.63) is 29.3 Å². The molecule has 1 aliphatic rings. The Kier molecular flexibility index (Phi) is 7.06. The number of nitriles is 2. The van der Waals surface area contributed by atoms with Gasteiger partial charge in [-0.25, -0.2) is 0 Å². The zero-order valence-electron chi connectivity index (χ0n) is 14.7. The second-order valence-corrected chi connectivity index (χ2v) is 6.41. The van der Waals surface area contributed by atoms with E-state index < -0.39 is 0 Å². The minimum atomic E-state index is -0.0342. The molecule has 0 aliphatic carbocycles. The third-order valence-corrected chi connectivity index (χ3v) is 4.56. The summed E-state index contributed by atoms with van der Waals surface area (Å²) in [5.74, 6) is 0.914.